The molecule has 7 nitrogen and oxygen atoms in total. The Kier molecular flexibility index (Phi) is 5.55. The highest BCUT2D eigenvalue weighted by Gasteiger charge is 2.34. The first-order valence-electron chi connectivity index (χ1n) is 8.65. The van der Waals surface area contributed by atoms with Gasteiger partial charge < -0.3 is 4.74 Å². The lowest BCUT2D eigenvalue weighted by Gasteiger charge is -2.31. The van der Waals surface area contributed by atoms with Crippen molar-refractivity contribution in [2.45, 2.75) is 44.4 Å². The van der Waals surface area contributed by atoms with Gasteiger partial charge in [0.25, 0.3) is 0 Å². The van der Waals surface area contributed by atoms with Crippen LogP contribution in [0.1, 0.15) is 42.9 Å². The molecule has 1 N–H and O–H groups in total. The van der Waals surface area contributed by atoms with Crippen molar-refractivity contribution < 1.29 is 13.2 Å². The molecular formula is C17H23ClN4O3S. The summed E-state index contributed by atoms with van der Waals surface area (Å²) < 4.78 is 33.6. The van der Waals surface area contributed by atoms with E-state index < -0.39 is 10.0 Å². The quantitative estimate of drug-likeness (QED) is 0.836. The largest absolute Gasteiger partial charge is 0.492 e. The fourth-order valence-electron chi connectivity index (χ4n) is 3.16. The number of aromatic amines is 1. The van der Waals surface area contributed by atoms with Gasteiger partial charge in [0.05, 0.1) is 6.61 Å². The molecule has 9 heteroatoms. The summed E-state index contributed by atoms with van der Waals surface area (Å²) in [7, 11) is -3.73. The molecule has 0 saturated carbocycles. The molecule has 1 aromatic heterocycles. The first-order chi connectivity index (χ1) is 12.3. The predicted molar refractivity (Wildman–Crippen MR) is 99.2 cm³/mol. The lowest BCUT2D eigenvalue weighted by atomic mass is 9.99. The number of hydrogen-bond donors (Lipinski definition) is 1. The summed E-state index contributed by atoms with van der Waals surface area (Å²) >= 11 is 6.20. The maximum absolute atomic E-state index is 13.3. The van der Waals surface area contributed by atoms with Crippen molar-refractivity contribution in [1.82, 2.24) is 19.5 Å². The van der Waals surface area contributed by atoms with Crippen LogP contribution in [-0.4, -0.2) is 47.6 Å². The summed E-state index contributed by atoms with van der Waals surface area (Å²) in [6.07, 6.45) is 1.61. The van der Waals surface area contributed by atoms with Crippen molar-refractivity contribution in [3.63, 3.8) is 0 Å². The Morgan fingerprint density at radius 3 is 2.81 bits per heavy atom. The maximum Gasteiger partial charge on any atom is 0.246 e. The number of benzene rings is 1. The van der Waals surface area contributed by atoms with Crippen molar-refractivity contribution >= 4 is 21.6 Å². The lowest BCUT2D eigenvalue weighted by molar-refractivity contribution is 0.303. The average molecular weight is 399 g/mol. The number of rotatable bonds is 5. The summed E-state index contributed by atoms with van der Waals surface area (Å²) in [5.41, 5.74) is 0.779. The molecule has 1 aromatic carbocycles. The van der Waals surface area contributed by atoms with Gasteiger partial charge in [-0.05, 0) is 51.3 Å². The van der Waals surface area contributed by atoms with Crippen LogP contribution >= 0.6 is 11.6 Å². The van der Waals surface area contributed by atoms with E-state index in [9.17, 15) is 8.42 Å². The minimum atomic E-state index is -3.73. The monoisotopic (exact) mass is 398 g/mol. The van der Waals surface area contributed by atoms with Gasteiger partial charge in [-0.1, -0.05) is 11.6 Å². The van der Waals surface area contributed by atoms with Crippen molar-refractivity contribution in [2.75, 3.05) is 19.7 Å². The van der Waals surface area contributed by atoms with Gasteiger partial charge in [-0.2, -0.15) is 9.40 Å². The summed E-state index contributed by atoms with van der Waals surface area (Å²) in [5, 5.41) is 7.43. The van der Waals surface area contributed by atoms with E-state index in [-0.39, 0.29) is 10.8 Å². The van der Waals surface area contributed by atoms with E-state index in [4.69, 9.17) is 16.3 Å². The molecule has 0 bridgehead atoms. The highest BCUT2D eigenvalue weighted by Crippen LogP contribution is 2.35. The predicted octanol–water partition coefficient (Wildman–Crippen LogP) is 3.04. The summed E-state index contributed by atoms with van der Waals surface area (Å²) in [6, 6.07) is 3.16. The SMILES string of the molecule is CCOc1cc(C)c(Cl)cc1S(=O)(=O)N1CCCC(c2n[nH]c(C)n2)C1. The van der Waals surface area contributed by atoms with Crippen LogP contribution in [0.3, 0.4) is 0 Å². The van der Waals surface area contributed by atoms with Gasteiger partial charge in [-0.15, -0.1) is 0 Å². The van der Waals surface area contributed by atoms with Gasteiger partial charge in [0.1, 0.15) is 16.5 Å². The number of halogens is 1. The molecule has 0 spiro atoms. The fraction of sp³-hybridized carbons (Fsp3) is 0.529. The van der Waals surface area contributed by atoms with Crippen molar-refractivity contribution in [3.05, 3.63) is 34.4 Å². The van der Waals surface area contributed by atoms with Crippen LogP contribution in [-0.2, 0) is 10.0 Å². The molecule has 1 fully saturated rings. The van der Waals surface area contributed by atoms with Crippen LogP contribution in [0.5, 0.6) is 5.75 Å². The third kappa shape index (κ3) is 3.72. The first kappa shape index (κ1) is 19.1. The van der Waals surface area contributed by atoms with Gasteiger partial charge in [-0.25, -0.2) is 13.4 Å². The third-order valence-electron chi connectivity index (χ3n) is 4.51. The van der Waals surface area contributed by atoms with Gasteiger partial charge >= 0.3 is 0 Å². The minimum Gasteiger partial charge on any atom is -0.492 e. The number of nitrogens with zero attached hydrogens (tertiary/aromatic N) is 3. The molecule has 1 saturated heterocycles. The normalized spacial score (nSPS) is 18.8. The van der Waals surface area contributed by atoms with E-state index >= 15 is 0 Å². The third-order valence-corrected chi connectivity index (χ3v) is 6.80. The summed E-state index contributed by atoms with van der Waals surface area (Å²) in [4.78, 5) is 4.48. The molecule has 0 amide bonds. The molecule has 26 heavy (non-hydrogen) atoms. The maximum atomic E-state index is 13.3. The smallest absolute Gasteiger partial charge is 0.246 e. The van der Waals surface area contributed by atoms with Gasteiger partial charge in [0, 0.05) is 24.0 Å². The summed E-state index contributed by atoms with van der Waals surface area (Å²) in [6.45, 7) is 6.65. The number of aromatic nitrogens is 3. The minimum absolute atomic E-state index is 0.0278. The molecule has 1 aliphatic rings. The second-order valence-corrected chi connectivity index (χ2v) is 8.78. The number of aryl methyl sites for hydroxylation is 2. The Morgan fingerprint density at radius 1 is 1.38 bits per heavy atom. The number of nitrogens with one attached hydrogen (secondary N) is 1. The zero-order chi connectivity index (χ0) is 18.9. The molecule has 1 unspecified atom stereocenters. The van der Waals surface area contributed by atoms with E-state index in [0.717, 1.165) is 24.2 Å². The fourth-order valence-corrected chi connectivity index (χ4v) is 5.05. The molecule has 142 valence electrons. The van der Waals surface area contributed by atoms with E-state index in [1.165, 1.54) is 10.4 Å². The number of ether oxygens (including phenoxy) is 1. The molecule has 3 rings (SSSR count). The standard InChI is InChI=1S/C17H23ClN4O3S/c1-4-25-15-8-11(2)14(18)9-16(15)26(23,24)22-7-5-6-13(10-22)17-19-12(3)20-21-17/h8-9,13H,4-7,10H2,1-3H3,(H,19,20,21). The van der Waals surface area contributed by atoms with E-state index in [1.54, 1.807) is 6.07 Å². The van der Waals surface area contributed by atoms with Crippen LogP contribution in [0.2, 0.25) is 5.02 Å². The average Bonchev–Trinajstić information content (AvgIpc) is 3.04. The molecular weight excluding hydrogens is 376 g/mol. The van der Waals surface area contributed by atoms with E-state index in [2.05, 4.69) is 15.2 Å². The molecule has 0 aliphatic carbocycles. The topological polar surface area (TPSA) is 88.2 Å². The van der Waals surface area contributed by atoms with Gasteiger partial charge in [0.15, 0.2) is 5.82 Å². The Labute approximate surface area is 158 Å². The van der Waals surface area contributed by atoms with Gasteiger partial charge in [-0.3, -0.25) is 5.10 Å². The van der Waals surface area contributed by atoms with Crippen LogP contribution in [0.4, 0.5) is 0 Å². The zero-order valence-corrected chi connectivity index (χ0v) is 16.7. The van der Waals surface area contributed by atoms with Crippen LogP contribution in [0, 0.1) is 13.8 Å². The Hall–Kier alpha value is -1.64. The van der Waals surface area contributed by atoms with E-state index in [0.29, 0.717) is 36.3 Å². The van der Waals surface area contributed by atoms with Crippen molar-refractivity contribution in [3.8, 4) is 5.75 Å². The molecule has 2 aromatic rings. The molecule has 2 heterocycles. The Balaban J connectivity index is 1.93. The van der Waals surface area contributed by atoms with Crippen molar-refractivity contribution in [2.24, 2.45) is 0 Å². The number of hydrogen-bond acceptors (Lipinski definition) is 5. The first-order valence-corrected chi connectivity index (χ1v) is 10.5. The highest BCUT2D eigenvalue weighted by molar-refractivity contribution is 7.89. The zero-order valence-electron chi connectivity index (χ0n) is 15.1. The summed E-state index contributed by atoms with van der Waals surface area (Å²) in [5.74, 6) is 1.70. The lowest BCUT2D eigenvalue weighted by Crippen LogP contribution is -2.39. The molecule has 1 atom stereocenters. The van der Waals surface area contributed by atoms with Crippen molar-refractivity contribution in [1.29, 1.82) is 0 Å². The number of H-pyrrole nitrogens is 1. The van der Waals surface area contributed by atoms with Gasteiger partial charge in [0.2, 0.25) is 10.0 Å². The van der Waals surface area contributed by atoms with E-state index in [1.807, 2.05) is 20.8 Å². The van der Waals surface area contributed by atoms with Crippen LogP contribution in [0.15, 0.2) is 17.0 Å². The highest BCUT2D eigenvalue weighted by atomic mass is 35.5. The molecule has 1 aliphatic heterocycles. The van der Waals surface area contributed by atoms with Crippen LogP contribution < -0.4 is 4.74 Å². The Morgan fingerprint density at radius 2 is 2.15 bits per heavy atom. The second kappa shape index (κ2) is 7.54. The van der Waals surface area contributed by atoms with Crippen LogP contribution in [0.25, 0.3) is 0 Å². The second-order valence-electron chi connectivity index (χ2n) is 6.46. The number of piperidine rings is 1. The molecule has 0 radical (unpaired) electrons. The Bertz CT molecular complexity index is 897. The number of sulfonamides is 1.